The van der Waals surface area contributed by atoms with Crippen molar-refractivity contribution in [3.8, 4) is 5.88 Å². The highest BCUT2D eigenvalue weighted by Crippen LogP contribution is 2.29. The van der Waals surface area contributed by atoms with Crippen molar-refractivity contribution in [2.24, 2.45) is 10.9 Å². The zero-order valence-electron chi connectivity index (χ0n) is 18.3. The van der Waals surface area contributed by atoms with Crippen molar-refractivity contribution in [3.05, 3.63) is 48.0 Å². The number of guanidine groups is 1. The molecule has 1 saturated heterocycles. The van der Waals surface area contributed by atoms with Crippen LogP contribution in [0.2, 0.25) is 0 Å². The highest BCUT2D eigenvalue weighted by Gasteiger charge is 2.25. The van der Waals surface area contributed by atoms with Gasteiger partial charge in [0.15, 0.2) is 5.96 Å². The number of aliphatic imine (C=N–C) groups is 1. The first-order valence-electron chi connectivity index (χ1n) is 11.2. The van der Waals surface area contributed by atoms with Crippen molar-refractivity contribution >= 4 is 29.9 Å². The number of hydrogen-bond donors (Lipinski definition) is 2. The van der Waals surface area contributed by atoms with E-state index in [4.69, 9.17) is 14.1 Å². The van der Waals surface area contributed by atoms with Gasteiger partial charge in [-0.15, -0.1) is 24.0 Å². The lowest BCUT2D eigenvalue weighted by Gasteiger charge is -2.26. The van der Waals surface area contributed by atoms with Crippen LogP contribution in [0.4, 0.5) is 0 Å². The number of hydrogen-bond acceptors (Lipinski definition) is 5. The molecular formula is C23H34IN5O2. The summed E-state index contributed by atoms with van der Waals surface area (Å²) in [5.41, 5.74) is 1.09. The monoisotopic (exact) mass is 539 g/mol. The van der Waals surface area contributed by atoms with Gasteiger partial charge in [-0.1, -0.05) is 0 Å². The Morgan fingerprint density at radius 2 is 2.13 bits per heavy atom. The van der Waals surface area contributed by atoms with E-state index in [1.165, 1.54) is 25.7 Å². The van der Waals surface area contributed by atoms with Gasteiger partial charge in [-0.3, -0.25) is 4.90 Å². The Morgan fingerprint density at radius 3 is 2.84 bits per heavy atom. The number of rotatable bonds is 10. The lowest BCUT2D eigenvalue weighted by molar-refractivity contribution is 0.215. The molecule has 31 heavy (non-hydrogen) atoms. The third-order valence-corrected chi connectivity index (χ3v) is 5.64. The Morgan fingerprint density at radius 1 is 1.29 bits per heavy atom. The molecule has 2 N–H and O–H groups in total. The third kappa shape index (κ3) is 7.38. The number of aromatic nitrogens is 1. The quantitative estimate of drug-likeness (QED) is 0.271. The van der Waals surface area contributed by atoms with Crippen LogP contribution in [0.25, 0.3) is 0 Å². The molecule has 1 atom stereocenters. The average Bonchev–Trinajstić information content (AvgIpc) is 3.19. The number of nitrogens with zero attached hydrogens (tertiary/aromatic N) is 3. The zero-order valence-corrected chi connectivity index (χ0v) is 20.6. The molecule has 8 heteroatoms. The maximum Gasteiger partial charge on any atom is 0.213 e. The summed E-state index contributed by atoms with van der Waals surface area (Å²) in [5.74, 6) is 3.23. The lowest BCUT2D eigenvalue weighted by atomic mass is 10.2. The zero-order chi connectivity index (χ0) is 20.6. The van der Waals surface area contributed by atoms with Gasteiger partial charge in [-0.05, 0) is 75.4 Å². The molecule has 0 aromatic carbocycles. The Bertz CT molecular complexity index is 804. The molecule has 1 saturated carbocycles. The van der Waals surface area contributed by atoms with Crippen LogP contribution in [-0.4, -0.2) is 48.6 Å². The molecule has 1 aliphatic heterocycles. The minimum atomic E-state index is 0. The van der Waals surface area contributed by atoms with Crippen LogP contribution in [0.5, 0.6) is 5.88 Å². The molecule has 1 aliphatic carbocycles. The van der Waals surface area contributed by atoms with Gasteiger partial charge in [0.2, 0.25) is 5.88 Å². The van der Waals surface area contributed by atoms with E-state index < -0.39 is 0 Å². The van der Waals surface area contributed by atoms with Gasteiger partial charge in [0.25, 0.3) is 0 Å². The molecule has 1 unspecified atom stereocenters. The van der Waals surface area contributed by atoms with Crippen molar-refractivity contribution < 1.29 is 9.15 Å². The molecule has 2 aromatic rings. The molecule has 0 bridgehead atoms. The molecule has 7 nitrogen and oxygen atoms in total. The van der Waals surface area contributed by atoms with E-state index >= 15 is 0 Å². The van der Waals surface area contributed by atoms with E-state index in [0.717, 1.165) is 56.0 Å². The molecule has 2 aliphatic rings. The molecule has 170 valence electrons. The van der Waals surface area contributed by atoms with Crippen molar-refractivity contribution in [1.82, 2.24) is 20.5 Å². The molecule has 0 spiro atoms. The standard InChI is InChI=1S/C23H33N5O2.HI/c1-2-24-23(26-15-19-9-10-25-22(14-19)30-17-18-7-8-18)27-16-20(21-6-5-13-29-21)28-11-3-4-12-28;/h5-6,9-10,13-14,18,20H,2-4,7-8,11-12,15-17H2,1H3,(H2,24,26,27);1H. The van der Waals surface area contributed by atoms with E-state index in [1.54, 1.807) is 12.5 Å². The molecule has 4 rings (SSSR count). The highest BCUT2D eigenvalue weighted by molar-refractivity contribution is 14.0. The summed E-state index contributed by atoms with van der Waals surface area (Å²) in [4.78, 5) is 11.6. The lowest BCUT2D eigenvalue weighted by Crippen LogP contribution is -2.42. The number of ether oxygens (including phenoxy) is 1. The fourth-order valence-corrected chi connectivity index (χ4v) is 3.76. The maximum atomic E-state index is 5.80. The summed E-state index contributed by atoms with van der Waals surface area (Å²) in [6.07, 6.45) is 8.60. The van der Waals surface area contributed by atoms with E-state index in [9.17, 15) is 0 Å². The molecule has 0 radical (unpaired) electrons. The van der Waals surface area contributed by atoms with Gasteiger partial charge in [0.05, 0.1) is 25.5 Å². The Labute approximate surface area is 202 Å². The summed E-state index contributed by atoms with van der Waals surface area (Å²) in [5, 5.41) is 6.86. The van der Waals surface area contributed by atoms with Gasteiger partial charge < -0.3 is 19.8 Å². The van der Waals surface area contributed by atoms with Gasteiger partial charge in [0, 0.05) is 25.4 Å². The first kappa shape index (κ1) is 23.8. The summed E-state index contributed by atoms with van der Waals surface area (Å²) in [6, 6.07) is 8.23. The molecular weight excluding hydrogens is 505 g/mol. The molecule has 2 fully saturated rings. The average molecular weight is 539 g/mol. The largest absolute Gasteiger partial charge is 0.477 e. The fraction of sp³-hybridized carbons (Fsp3) is 0.565. The minimum Gasteiger partial charge on any atom is -0.477 e. The SMILES string of the molecule is CCNC(=NCc1ccnc(OCC2CC2)c1)NCC(c1ccco1)N1CCCC1.I. The Balaban J connectivity index is 0.00000272. The van der Waals surface area contributed by atoms with Crippen molar-refractivity contribution in [2.75, 3.05) is 32.8 Å². The Hall–Kier alpha value is -1.81. The summed E-state index contributed by atoms with van der Waals surface area (Å²) >= 11 is 0. The number of nitrogens with one attached hydrogen (secondary N) is 2. The van der Waals surface area contributed by atoms with Crippen LogP contribution in [0.1, 0.15) is 50.0 Å². The van der Waals surface area contributed by atoms with Gasteiger partial charge in [-0.25, -0.2) is 9.98 Å². The van der Waals surface area contributed by atoms with Crippen molar-refractivity contribution in [2.45, 2.75) is 45.2 Å². The molecule has 2 aromatic heterocycles. The first-order valence-corrected chi connectivity index (χ1v) is 11.2. The van der Waals surface area contributed by atoms with E-state index in [1.807, 2.05) is 18.2 Å². The second-order valence-electron chi connectivity index (χ2n) is 8.11. The van der Waals surface area contributed by atoms with Crippen LogP contribution >= 0.6 is 24.0 Å². The van der Waals surface area contributed by atoms with Crippen LogP contribution in [0.3, 0.4) is 0 Å². The van der Waals surface area contributed by atoms with Gasteiger partial charge in [0.1, 0.15) is 5.76 Å². The van der Waals surface area contributed by atoms with Crippen molar-refractivity contribution in [1.29, 1.82) is 0 Å². The third-order valence-electron chi connectivity index (χ3n) is 5.64. The minimum absolute atomic E-state index is 0. The van der Waals surface area contributed by atoms with E-state index in [-0.39, 0.29) is 30.0 Å². The predicted molar refractivity (Wildman–Crippen MR) is 133 cm³/mol. The van der Waals surface area contributed by atoms with Crippen molar-refractivity contribution in [3.63, 3.8) is 0 Å². The second-order valence-corrected chi connectivity index (χ2v) is 8.11. The van der Waals surface area contributed by atoms with Crippen LogP contribution in [0.15, 0.2) is 46.1 Å². The number of likely N-dealkylation sites (tertiary alicyclic amines) is 1. The normalized spacial score (nSPS) is 17.8. The van der Waals surface area contributed by atoms with E-state index in [2.05, 4.69) is 33.5 Å². The molecule has 0 amide bonds. The first-order chi connectivity index (χ1) is 14.8. The number of pyridine rings is 1. The highest BCUT2D eigenvalue weighted by atomic mass is 127. The fourth-order valence-electron chi connectivity index (χ4n) is 3.76. The smallest absolute Gasteiger partial charge is 0.213 e. The number of halogens is 1. The van der Waals surface area contributed by atoms with Gasteiger partial charge in [-0.2, -0.15) is 0 Å². The van der Waals surface area contributed by atoms with Crippen LogP contribution < -0.4 is 15.4 Å². The van der Waals surface area contributed by atoms with Crippen LogP contribution in [-0.2, 0) is 6.54 Å². The van der Waals surface area contributed by atoms with E-state index in [0.29, 0.717) is 12.4 Å². The second kappa shape index (κ2) is 12.3. The predicted octanol–water partition coefficient (Wildman–Crippen LogP) is 3.97. The topological polar surface area (TPSA) is 74.9 Å². The number of furan rings is 1. The molecule has 3 heterocycles. The maximum absolute atomic E-state index is 5.80. The van der Waals surface area contributed by atoms with Crippen LogP contribution in [0, 0.1) is 5.92 Å². The Kier molecular flexibility index (Phi) is 9.45. The summed E-state index contributed by atoms with van der Waals surface area (Å²) in [6.45, 7) is 7.22. The summed E-state index contributed by atoms with van der Waals surface area (Å²) in [7, 11) is 0. The van der Waals surface area contributed by atoms with Gasteiger partial charge >= 0.3 is 0 Å². The summed E-state index contributed by atoms with van der Waals surface area (Å²) < 4.78 is 11.5.